The second-order valence-corrected chi connectivity index (χ2v) is 6.06. The van der Waals surface area contributed by atoms with Crippen molar-refractivity contribution in [1.82, 2.24) is 4.98 Å². The maximum atomic E-state index is 4.33. The van der Waals surface area contributed by atoms with Gasteiger partial charge in [0.2, 0.25) is 0 Å². The first kappa shape index (κ1) is 12.0. The summed E-state index contributed by atoms with van der Waals surface area (Å²) in [7, 11) is 0. The van der Waals surface area contributed by atoms with Crippen LogP contribution in [0.3, 0.4) is 0 Å². The fraction of sp³-hybridized carbons (Fsp3) is 0.389. The summed E-state index contributed by atoms with van der Waals surface area (Å²) in [4.78, 5) is 6.95. The zero-order valence-electron chi connectivity index (χ0n) is 11.7. The van der Waals surface area contributed by atoms with Gasteiger partial charge in [0, 0.05) is 18.1 Å². The van der Waals surface area contributed by atoms with Crippen LogP contribution in [0.2, 0.25) is 0 Å². The largest absolute Gasteiger partial charge is 0.354 e. The van der Waals surface area contributed by atoms with E-state index in [1.165, 1.54) is 43.4 Å². The minimum Gasteiger partial charge on any atom is -0.354 e. The number of hydrogen-bond donors (Lipinski definition) is 0. The van der Waals surface area contributed by atoms with Crippen molar-refractivity contribution in [3.8, 4) is 0 Å². The van der Waals surface area contributed by atoms with Gasteiger partial charge in [0.25, 0.3) is 0 Å². The lowest BCUT2D eigenvalue weighted by molar-refractivity contribution is 0.408. The second-order valence-electron chi connectivity index (χ2n) is 6.06. The minimum atomic E-state index is 0.364. The average Bonchev–Trinajstić information content (AvgIpc) is 3.17. The highest BCUT2D eigenvalue weighted by Crippen LogP contribution is 2.62. The number of benzene rings is 1. The molecular formula is C18H20N2. The topological polar surface area (TPSA) is 15.9 Å². The number of pyridine rings is 1. The molecule has 1 spiro atoms. The van der Waals surface area contributed by atoms with Gasteiger partial charge in [-0.15, -0.1) is 0 Å². The Morgan fingerprint density at radius 2 is 1.75 bits per heavy atom. The first-order chi connectivity index (χ1) is 9.92. The van der Waals surface area contributed by atoms with E-state index in [4.69, 9.17) is 0 Å². The lowest BCUT2D eigenvalue weighted by atomic mass is 9.84. The number of nitrogens with zero attached hydrogens (tertiary/aromatic N) is 2. The van der Waals surface area contributed by atoms with Gasteiger partial charge in [-0.3, -0.25) is 4.98 Å². The molecule has 2 heteroatoms. The molecule has 2 aromatic rings. The molecule has 1 saturated carbocycles. The summed E-state index contributed by atoms with van der Waals surface area (Å²) in [5.74, 6) is 0. The van der Waals surface area contributed by atoms with Crippen molar-refractivity contribution in [3.63, 3.8) is 0 Å². The van der Waals surface area contributed by atoms with Crippen molar-refractivity contribution >= 4 is 5.69 Å². The highest BCUT2D eigenvalue weighted by atomic mass is 15.4. The molecule has 2 fully saturated rings. The normalized spacial score (nSPS) is 23.8. The van der Waals surface area contributed by atoms with Crippen LogP contribution >= 0.6 is 0 Å². The van der Waals surface area contributed by atoms with Gasteiger partial charge in [0.15, 0.2) is 0 Å². The molecule has 0 N–H and O–H groups in total. The smallest absolute Gasteiger partial charge is 0.0796 e. The van der Waals surface area contributed by atoms with Crippen molar-refractivity contribution in [2.75, 3.05) is 4.90 Å². The number of aromatic nitrogens is 1. The van der Waals surface area contributed by atoms with Crippen LogP contribution in [0.25, 0.3) is 0 Å². The van der Waals surface area contributed by atoms with Gasteiger partial charge < -0.3 is 4.90 Å². The molecule has 0 radical (unpaired) electrons. The van der Waals surface area contributed by atoms with Crippen molar-refractivity contribution in [1.29, 1.82) is 0 Å². The molecule has 102 valence electrons. The number of hydrogen-bond acceptors (Lipinski definition) is 2. The maximum Gasteiger partial charge on any atom is 0.0796 e. The summed E-state index contributed by atoms with van der Waals surface area (Å²) in [6, 6.07) is 15.7. The molecule has 0 amide bonds. The van der Waals surface area contributed by atoms with Crippen LogP contribution < -0.4 is 4.90 Å². The Bertz CT molecular complexity index is 525. The third kappa shape index (κ3) is 1.75. The van der Waals surface area contributed by atoms with E-state index >= 15 is 0 Å². The number of rotatable bonds is 2. The fourth-order valence-corrected chi connectivity index (χ4v) is 4.04. The lowest BCUT2D eigenvalue weighted by Crippen LogP contribution is -2.21. The van der Waals surface area contributed by atoms with Crippen molar-refractivity contribution in [3.05, 3.63) is 60.4 Å². The first-order valence-electron chi connectivity index (χ1n) is 7.66. The van der Waals surface area contributed by atoms with Gasteiger partial charge in [-0.2, -0.15) is 0 Å². The fourth-order valence-electron chi connectivity index (χ4n) is 4.04. The molecule has 1 aromatic heterocycles. The minimum absolute atomic E-state index is 0.364. The Kier molecular flexibility index (Phi) is 2.76. The first-order valence-corrected chi connectivity index (χ1v) is 7.66. The zero-order chi connectivity index (χ0) is 13.4. The van der Waals surface area contributed by atoms with Crippen molar-refractivity contribution < 1.29 is 0 Å². The van der Waals surface area contributed by atoms with Gasteiger partial charge in [-0.05, 0) is 36.6 Å². The Labute approximate surface area is 120 Å². The van der Waals surface area contributed by atoms with Gasteiger partial charge in [0.1, 0.15) is 0 Å². The highest BCUT2D eigenvalue weighted by molar-refractivity contribution is 5.63. The van der Waals surface area contributed by atoms with Crippen LogP contribution in [0.4, 0.5) is 5.69 Å². The van der Waals surface area contributed by atoms with E-state index in [9.17, 15) is 0 Å². The summed E-state index contributed by atoms with van der Waals surface area (Å²) >= 11 is 0. The SMILES string of the molecule is c1ccc(N2C(c3cccnc3)C23CCCCC3)cc1. The molecule has 2 nitrogen and oxygen atoms in total. The molecule has 4 rings (SSSR count). The number of anilines is 1. The Balaban J connectivity index is 1.73. The molecule has 1 aliphatic heterocycles. The molecule has 1 saturated heterocycles. The quantitative estimate of drug-likeness (QED) is 0.750. The third-order valence-electron chi connectivity index (χ3n) is 4.93. The van der Waals surface area contributed by atoms with E-state index in [2.05, 4.69) is 52.3 Å². The molecule has 20 heavy (non-hydrogen) atoms. The Morgan fingerprint density at radius 1 is 0.950 bits per heavy atom. The molecule has 2 aliphatic rings. The molecular weight excluding hydrogens is 244 g/mol. The molecule has 1 unspecified atom stereocenters. The van der Waals surface area contributed by atoms with Gasteiger partial charge >= 0.3 is 0 Å². The maximum absolute atomic E-state index is 4.33. The second kappa shape index (κ2) is 4.62. The van der Waals surface area contributed by atoms with E-state index in [1.807, 2.05) is 12.4 Å². The van der Waals surface area contributed by atoms with E-state index in [-0.39, 0.29) is 0 Å². The molecule has 1 aromatic carbocycles. The molecule has 0 bridgehead atoms. The van der Waals surface area contributed by atoms with Crippen LogP contribution in [0, 0.1) is 0 Å². The van der Waals surface area contributed by atoms with E-state index < -0.39 is 0 Å². The Hall–Kier alpha value is -1.83. The summed E-state index contributed by atoms with van der Waals surface area (Å²) in [5.41, 5.74) is 3.10. The highest BCUT2D eigenvalue weighted by Gasteiger charge is 2.62. The summed E-state index contributed by atoms with van der Waals surface area (Å²) in [5, 5.41) is 0. The predicted octanol–water partition coefficient (Wildman–Crippen LogP) is 4.35. The average molecular weight is 264 g/mol. The van der Waals surface area contributed by atoms with Crippen LogP contribution in [0.5, 0.6) is 0 Å². The van der Waals surface area contributed by atoms with Gasteiger partial charge in [-0.25, -0.2) is 0 Å². The van der Waals surface area contributed by atoms with Crippen LogP contribution in [0.1, 0.15) is 43.7 Å². The van der Waals surface area contributed by atoms with E-state index in [1.54, 1.807) is 0 Å². The van der Waals surface area contributed by atoms with Crippen molar-refractivity contribution in [2.24, 2.45) is 0 Å². The van der Waals surface area contributed by atoms with Gasteiger partial charge in [-0.1, -0.05) is 43.5 Å². The van der Waals surface area contributed by atoms with Gasteiger partial charge in [0.05, 0.1) is 11.6 Å². The summed E-state index contributed by atoms with van der Waals surface area (Å²) in [6.07, 6.45) is 10.7. The van der Waals surface area contributed by atoms with Crippen LogP contribution in [0.15, 0.2) is 54.9 Å². The predicted molar refractivity (Wildman–Crippen MR) is 81.7 cm³/mol. The molecule has 1 aliphatic carbocycles. The van der Waals surface area contributed by atoms with Crippen molar-refractivity contribution in [2.45, 2.75) is 43.7 Å². The van der Waals surface area contributed by atoms with Crippen LogP contribution in [-0.4, -0.2) is 10.5 Å². The summed E-state index contributed by atoms with van der Waals surface area (Å²) < 4.78 is 0. The number of para-hydroxylation sites is 1. The third-order valence-corrected chi connectivity index (χ3v) is 4.93. The molecule has 1 atom stereocenters. The molecule has 2 heterocycles. The van der Waals surface area contributed by atoms with E-state index in [0.717, 1.165) is 0 Å². The van der Waals surface area contributed by atoms with Crippen LogP contribution in [-0.2, 0) is 0 Å². The zero-order valence-corrected chi connectivity index (χ0v) is 11.7. The Morgan fingerprint density at radius 3 is 2.45 bits per heavy atom. The van der Waals surface area contributed by atoms with E-state index in [0.29, 0.717) is 11.6 Å². The summed E-state index contributed by atoms with van der Waals surface area (Å²) in [6.45, 7) is 0. The lowest BCUT2D eigenvalue weighted by Gasteiger charge is -2.22. The standard InChI is InChI=1S/C18H20N2/c1-3-9-16(10-4-1)20-17(15-8-7-13-19-14-15)18(20)11-5-2-6-12-18/h1,3-4,7-10,13-14,17H,2,5-6,11-12H2. The monoisotopic (exact) mass is 264 g/mol.